The zero-order valence-electron chi connectivity index (χ0n) is 15.5. The van der Waals surface area contributed by atoms with Crippen LogP contribution in [0.3, 0.4) is 0 Å². The van der Waals surface area contributed by atoms with E-state index in [1.54, 1.807) is 0 Å². The Balaban J connectivity index is 1.59. The first kappa shape index (κ1) is 22.3. The number of hydrogen-bond acceptors (Lipinski definition) is 5. The van der Waals surface area contributed by atoms with E-state index in [1.165, 1.54) is 42.6 Å². The monoisotopic (exact) mass is 455 g/mol. The minimum Gasteiger partial charge on any atom is -0.453 e. The minimum atomic E-state index is -4.31. The number of carbonyl (C=O) groups excluding carboxylic acids is 1. The van der Waals surface area contributed by atoms with Crippen molar-refractivity contribution in [1.29, 1.82) is 0 Å². The molecule has 0 bridgehead atoms. The number of benzene rings is 2. The Hall–Kier alpha value is -3.34. The molecule has 11 heteroatoms. The van der Waals surface area contributed by atoms with Crippen LogP contribution < -0.4 is 14.8 Å². The van der Waals surface area contributed by atoms with Gasteiger partial charge in [-0.25, -0.2) is 13.8 Å². The van der Waals surface area contributed by atoms with Gasteiger partial charge in [0.2, 0.25) is 0 Å². The fourth-order valence-electron chi connectivity index (χ4n) is 2.31. The fraction of sp³-hybridized carbons (Fsp3) is 0.100. The van der Waals surface area contributed by atoms with Crippen LogP contribution in [0.4, 0.5) is 33.5 Å². The highest BCUT2D eigenvalue weighted by Gasteiger charge is 2.27. The molecule has 0 aliphatic rings. The van der Waals surface area contributed by atoms with Crippen LogP contribution in [0.2, 0.25) is 0 Å². The highest BCUT2D eigenvalue weighted by atomic mass is 32.2. The number of rotatable bonds is 7. The van der Waals surface area contributed by atoms with Crippen molar-refractivity contribution in [3.8, 4) is 11.5 Å². The van der Waals surface area contributed by atoms with Crippen LogP contribution in [0, 0.1) is 11.6 Å². The van der Waals surface area contributed by atoms with Crippen molar-refractivity contribution in [2.24, 2.45) is 0 Å². The van der Waals surface area contributed by atoms with Crippen molar-refractivity contribution in [3.05, 3.63) is 78.0 Å². The molecule has 0 fully saturated rings. The zero-order chi connectivity index (χ0) is 22.4. The van der Waals surface area contributed by atoms with Crippen molar-refractivity contribution in [2.75, 3.05) is 15.8 Å². The van der Waals surface area contributed by atoms with Gasteiger partial charge < -0.3 is 14.8 Å². The molecule has 0 saturated carbocycles. The number of alkyl halides is 3. The van der Waals surface area contributed by atoms with E-state index in [0.717, 1.165) is 12.1 Å². The third-order valence-corrected chi connectivity index (χ3v) is 4.50. The highest BCUT2D eigenvalue weighted by molar-refractivity contribution is 8.00. The number of hydrogen-bond donors (Lipinski definition) is 2. The van der Waals surface area contributed by atoms with Gasteiger partial charge >= 0.3 is 6.18 Å². The molecule has 0 atom stereocenters. The van der Waals surface area contributed by atoms with Crippen molar-refractivity contribution in [3.63, 3.8) is 0 Å². The Labute approximate surface area is 177 Å². The lowest BCUT2D eigenvalue weighted by atomic mass is 10.2. The van der Waals surface area contributed by atoms with E-state index >= 15 is 0 Å². The average Bonchev–Trinajstić information content (AvgIpc) is 2.71. The summed E-state index contributed by atoms with van der Waals surface area (Å²) < 4.78 is 71.0. The summed E-state index contributed by atoms with van der Waals surface area (Å²) in [4.78, 5) is 16.4. The summed E-state index contributed by atoms with van der Waals surface area (Å²) in [5.41, 5.74) is 0.535. The summed E-state index contributed by atoms with van der Waals surface area (Å²) in [7, 11) is 0. The maximum atomic E-state index is 13.6. The third kappa shape index (κ3) is 6.85. The van der Waals surface area contributed by atoms with Gasteiger partial charge in [0.15, 0.2) is 11.6 Å². The lowest BCUT2D eigenvalue weighted by molar-refractivity contribution is -0.105. The SMILES string of the molecule is O=C(Nc1ccc(Oc2ccc(F)cc2F)cn1)c1cccc(NSCC(F)(F)F)c1. The molecule has 1 amide bonds. The first-order valence-electron chi connectivity index (χ1n) is 8.64. The second kappa shape index (κ2) is 9.65. The van der Waals surface area contributed by atoms with Crippen LogP contribution in [0.1, 0.15) is 10.4 Å². The maximum Gasteiger partial charge on any atom is 0.399 e. The molecular formula is C20H14F5N3O2S. The van der Waals surface area contributed by atoms with Crippen LogP contribution in [-0.4, -0.2) is 22.8 Å². The van der Waals surface area contributed by atoms with Gasteiger partial charge in [-0.1, -0.05) is 6.07 Å². The lowest BCUT2D eigenvalue weighted by Gasteiger charge is -2.10. The summed E-state index contributed by atoms with van der Waals surface area (Å²) in [5.74, 6) is -3.08. The van der Waals surface area contributed by atoms with Crippen molar-refractivity contribution >= 4 is 29.4 Å². The number of anilines is 2. The number of amides is 1. The third-order valence-electron chi connectivity index (χ3n) is 3.65. The molecule has 5 nitrogen and oxygen atoms in total. The number of nitrogens with one attached hydrogen (secondary N) is 2. The maximum absolute atomic E-state index is 13.6. The fourth-order valence-corrected chi connectivity index (χ4v) is 2.84. The molecule has 0 saturated heterocycles. The summed E-state index contributed by atoms with van der Waals surface area (Å²) in [6.07, 6.45) is -3.07. The van der Waals surface area contributed by atoms with Gasteiger partial charge in [0, 0.05) is 17.3 Å². The molecule has 2 N–H and O–H groups in total. The van der Waals surface area contributed by atoms with Gasteiger partial charge in [-0.05, 0) is 54.4 Å². The summed E-state index contributed by atoms with van der Waals surface area (Å²) in [6.45, 7) is 0. The Bertz CT molecular complexity index is 1060. The Morgan fingerprint density at radius 3 is 2.55 bits per heavy atom. The van der Waals surface area contributed by atoms with Gasteiger partial charge in [0.1, 0.15) is 23.1 Å². The largest absolute Gasteiger partial charge is 0.453 e. The quantitative estimate of drug-likeness (QED) is 0.337. The molecule has 1 aromatic heterocycles. The summed E-state index contributed by atoms with van der Waals surface area (Å²) >= 11 is 0.461. The van der Waals surface area contributed by atoms with Gasteiger partial charge in [-0.15, -0.1) is 0 Å². The molecule has 1 heterocycles. The predicted octanol–water partition coefficient (Wildman–Crippen LogP) is 6.03. The molecule has 0 aliphatic heterocycles. The molecule has 0 spiro atoms. The first-order chi connectivity index (χ1) is 14.7. The molecule has 3 aromatic rings. The zero-order valence-corrected chi connectivity index (χ0v) is 16.4. The van der Waals surface area contributed by atoms with Crippen LogP contribution in [-0.2, 0) is 0 Å². The van der Waals surface area contributed by atoms with Gasteiger partial charge in [0.25, 0.3) is 5.91 Å². The second-order valence-electron chi connectivity index (χ2n) is 6.10. The summed E-state index contributed by atoms with van der Waals surface area (Å²) in [6, 6.07) is 11.6. The Kier molecular flexibility index (Phi) is 6.95. The smallest absolute Gasteiger partial charge is 0.399 e. The van der Waals surface area contributed by atoms with E-state index in [2.05, 4.69) is 15.0 Å². The predicted molar refractivity (Wildman–Crippen MR) is 107 cm³/mol. The summed E-state index contributed by atoms with van der Waals surface area (Å²) in [5, 5.41) is 2.53. The van der Waals surface area contributed by atoms with Gasteiger partial charge in [-0.3, -0.25) is 4.79 Å². The number of ether oxygens (including phenoxy) is 1. The topological polar surface area (TPSA) is 63.2 Å². The van der Waals surface area contributed by atoms with Crippen molar-refractivity contribution < 1.29 is 31.5 Å². The molecule has 0 aliphatic carbocycles. The van der Waals surface area contributed by atoms with Crippen LogP contribution in [0.15, 0.2) is 60.8 Å². The molecule has 0 unspecified atom stereocenters. The van der Waals surface area contributed by atoms with E-state index in [0.29, 0.717) is 23.7 Å². The molecule has 3 rings (SSSR count). The molecule has 0 radical (unpaired) electrons. The Morgan fingerprint density at radius 1 is 1.06 bits per heavy atom. The van der Waals surface area contributed by atoms with E-state index in [9.17, 15) is 26.7 Å². The van der Waals surface area contributed by atoms with Crippen LogP contribution in [0.5, 0.6) is 11.5 Å². The standard InChI is InChI=1S/C20H14F5N3O2S/c21-13-4-6-17(16(22)9-13)30-15-5-7-18(26-10-15)27-19(29)12-2-1-3-14(8-12)28-31-11-20(23,24)25/h1-10,28H,11H2,(H,26,27,29). The van der Waals surface area contributed by atoms with E-state index in [1.807, 2.05) is 0 Å². The normalized spacial score (nSPS) is 11.1. The average molecular weight is 455 g/mol. The van der Waals surface area contributed by atoms with Crippen molar-refractivity contribution in [1.82, 2.24) is 4.98 Å². The Morgan fingerprint density at radius 2 is 1.87 bits per heavy atom. The van der Waals surface area contributed by atoms with Gasteiger partial charge in [-0.2, -0.15) is 13.2 Å². The van der Waals surface area contributed by atoms with Crippen LogP contribution >= 0.6 is 11.9 Å². The molecule has 2 aromatic carbocycles. The number of nitrogens with zero attached hydrogens (tertiary/aromatic N) is 1. The van der Waals surface area contributed by atoms with Gasteiger partial charge in [0.05, 0.1) is 6.20 Å². The molecule has 162 valence electrons. The minimum absolute atomic E-state index is 0.163. The number of pyridine rings is 1. The number of carbonyl (C=O) groups is 1. The lowest BCUT2D eigenvalue weighted by Crippen LogP contribution is -2.14. The van der Waals surface area contributed by atoms with Crippen LogP contribution in [0.25, 0.3) is 0 Å². The first-order valence-corrected chi connectivity index (χ1v) is 9.63. The van der Waals surface area contributed by atoms with E-state index < -0.39 is 29.5 Å². The number of halogens is 5. The van der Waals surface area contributed by atoms with E-state index in [-0.39, 0.29) is 22.9 Å². The van der Waals surface area contributed by atoms with E-state index in [4.69, 9.17) is 4.74 Å². The number of aromatic nitrogens is 1. The van der Waals surface area contributed by atoms with Crippen molar-refractivity contribution in [2.45, 2.75) is 6.18 Å². The molecule has 31 heavy (non-hydrogen) atoms. The molecular weight excluding hydrogens is 441 g/mol. The highest BCUT2D eigenvalue weighted by Crippen LogP contribution is 2.26. The second-order valence-corrected chi connectivity index (χ2v) is 6.88.